The van der Waals surface area contributed by atoms with Gasteiger partial charge in [-0.15, -0.1) is 0 Å². The van der Waals surface area contributed by atoms with Crippen LogP contribution < -0.4 is 15.1 Å². The van der Waals surface area contributed by atoms with E-state index in [1.807, 2.05) is 62.3 Å². The zero-order valence-corrected chi connectivity index (χ0v) is 17.7. The molecule has 0 bridgehead atoms. The van der Waals surface area contributed by atoms with Crippen molar-refractivity contribution in [2.24, 2.45) is 0 Å². The molecule has 30 heavy (non-hydrogen) atoms. The lowest BCUT2D eigenvalue weighted by molar-refractivity contribution is -0.130. The van der Waals surface area contributed by atoms with Crippen LogP contribution in [0.1, 0.15) is 11.3 Å². The molecule has 0 saturated carbocycles. The standard InChI is InChI=1S/C21H28N6O3/c1-16-13-18(25(2)3)24-20(23-16)27-11-9-26(10-12-27)19(28)14-22-21(29)30-15-17-7-5-4-6-8-17/h4-8,13H,9-12,14-15H2,1-3H3,(H,22,29). The van der Waals surface area contributed by atoms with Gasteiger partial charge in [0, 0.05) is 52.0 Å². The molecule has 1 aliphatic rings. The largest absolute Gasteiger partial charge is 0.445 e. The number of ether oxygens (including phenoxy) is 1. The molecule has 1 aromatic heterocycles. The van der Waals surface area contributed by atoms with Crippen LogP contribution in [-0.4, -0.2) is 73.7 Å². The zero-order chi connectivity index (χ0) is 21.5. The number of rotatable bonds is 6. The average Bonchev–Trinajstić information content (AvgIpc) is 2.76. The summed E-state index contributed by atoms with van der Waals surface area (Å²) < 4.78 is 5.13. The summed E-state index contributed by atoms with van der Waals surface area (Å²) in [6.07, 6.45) is -0.602. The lowest BCUT2D eigenvalue weighted by Crippen LogP contribution is -2.51. The van der Waals surface area contributed by atoms with Crippen molar-refractivity contribution in [1.82, 2.24) is 20.2 Å². The number of anilines is 2. The topological polar surface area (TPSA) is 90.9 Å². The molecule has 0 unspecified atom stereocenters. The van der Waals surface area contributed by atoms with Crippen molar-refractivity contribution >= 4 is 23.8 Å². The maximum Gasteiger partial charge on any atom is 0.407 e. The number of amides is 2. The summed E-state index contributed by atoms with van der Waals surface area (Å²) >= 11 is 0. The highest BCUT2D eigenvalue weighted by Gasteiger charge is 2.23. The van der Waals surface area contributed by atoms with E-state index in [-0.39, 0.29) is 19.1 Å². The molecular weight excluding hydrogens is 384 g/mol. The van der Waals surface area contributed by atoms with Crippen LogP contribution in [-0.2, 0) is 16.1 Å². The number of hydrogen-bond donors (Lipinski definition) is 1. The van der Waals surface area contributed by atoms with Crippen molar-refractivity contribution in [3.05, 3.63) is 47.7 Å². The predicted octanol–water partition coefficient (Wildman–Crippen LogP) is 1.43. The van der Waals surface area contributed by atoms with E-state index >= 15 is 0 Å². The van der Waals surface area contributed by atoms with Gasteiger partial charge in [0.1, 0.15) is 19.0 Å². The number of benzene rings is 1. The molecular formula is C21H28N6O3. The van der Waals surface area contributed by atoms with Crippen LogP contribution in [0.15, 0.2) is 36.4 Å². The number of aryl methyl sites for hydroxylation is 1. The maximum absolute atomic E-state index is 12.4. The van der Waals surface area contributed by atoms with Crippen LogP contribution in [0.3, 0.4) is 0 Å². The summed E-state index contributed by atoms with van der Waals surface area (Å²) in [5, 5.41) is 2.52. The fraction of sp³-hybridized carbons (Fsp3) is 0.429. The van der Waals surface area contributed by atoms with Gasteiger partial charge in [0.25, 0.3) is 0 Å². The Morgan fingerprint density at radius 2 is 1.80 bits per heavy atom. The van der Waals surface area contributed by atoms with E-state index in [1.165, 1.54) is 0 Å². The minimum Gasteiger partial charge on any atom is -0.445 e. The lowest BCUT2D eigenvalue weighted by atomic mass is 10.2. The monoisotopic (exact) mass is 412 g/mol. The number of carbonyl (C=O) groups is 2. The highest BCUT2D eigenvalue weighted by Crippen LogP contribution is 2.17. The number of carbonyl (C=O) groups excluding carboxylic acids is 2. The summed E-state index contributed by atoms with van der Waals surface area (Å²) in [5.74, 6) is 1.40. The van der Waals surface area contributed by atoms with Gasteiger partial charge in [-0.05, 0) is 12.5 Å². The molecule has 0 radical (unpaired) electrons. The van der Waals surface area contributed by atoms with Gasteiger partial charge in [0.2, 0.25) is 11.9 Å². The minimum atomic E-state index is -0.602. The van der Waals surface area contributed by atoms with Crippen molar-refractivity contribution in [3.63, 3.8) is 0 Å². The van der Waals surface area contributed by atoms with Gasteiger partial charge in [0.05, 0.1) is 0 Å². The fourth-order valence-electron chi connectivity index (χ4n) is 3.10. The van der Waals surface area contributed by atoms with E-state index in [0.717, 1.165) is 17.1 Å². The normalized spacial score (nSPS) is 13.7. The second-order valence-corrected chi connectivity index (χ2v) is 7.35. The molecule has 9 heteroatoms. The summed E-state index contributed by atoms with van der Waals surface area (Å²) in [7, 11) is 3.89. The van der Waals surface area contributed by atoms with E-state index in [9.17, 15) is 9.59 Å². The molecule has 0 spiro atoms. The molecule has 3 rings (SSSR count). The first-order valence-electron chi connectivity index (χ1n) is 9.92. The molecule has 0 atom stereocenters. The van der Waals surface area contributed by atoms with Crippen molar-refractivity contribution in [2.45, 2.75) is 13.5 Å². The average molecular weight is 412 g/mol. The van der Waals surface area contributed by atoms with Crippen molar-refractivity contribution in [2.75, 3.05) is 56.6 Å². The Morgan fingerprint density at radius 1 is 1.10 bits per heavy atom. The first kappa shape index (κ1) is 21.4. The van der Waals surface area contributed by atoms with E-state index in [4.69, 9.17) is 4.74 Å². The second-order valence-electron chi connectivity index (χ2n) is 7.35. The lowest BCUT2D eigenvalue weighted by Gasteiger charge is -2.35. The highest BCUT2D eigenvalue weighted by molar-refractivity contribution is 5.82. The minimum absolute atomic E-state index is 0.0840. The first-order valence-corrected chi connectivity index (χ1v) is 9.92. The first-order chi connectivity index (χ1) is 14.4. The second kappa shape index (κ2) is 9.91. The summed E-state index contributed by atoms with van der Waals surface area (Å²) in [5.41, 5.74) is 1.80. The van der Waals surface area contributed by atoms with Crippen LogP contribution in [0.4, 0.5) is 16.6 Å². The Morgan fingerprint density at radius 3 is 2.47 bits per heavy atom. The Kier molecular flexibility index (Phi) is 7.05. The molecule has 160 valence electrons. The van der Waals surface area contributed by atoms with Gasteiger partial charge in [0.15, 0.2) is 0 Å². The van der Waals surface area contributed by atoms with Gasteiger partial charge in [-0.3, -0.25) is 4.79 Å². The summed E-state index contributed by atoms with van der Waals surface area (Å²) in [6, 6.07) is 11.3. The van der Waals surface area contributed by atoms with Crippen LogP contribution >= 0.6 is 0 Å². The highest BCUT2D eigenvalue weighted by atomic mass is 16.5. The number of aromatic nitrogens is 2. The molecule has 2 amide bonds. The quantitative estimate of drug-likeness (QED) is 0.767. The Bertz CT molecular complexity index is 866. The molecule has 0 aliphatic carbocycles. The smallest absolute Gasteiger partial charge is 0.407 e. The van der Waals surface area contributed by atoms with E-state index in [1.54, 1.807) is 4.90 Å². The zero-order valence-electron chi connectivity index (χ0n) is 17.7. The van der Waals surface area contributed by atoms with Crippen molar-refractivity contribution in [1.29, 1.82) is 0 Å². The predicted molar refractivity (Wildman–Crippen MR) is 115 cm³/mol. The van der Waals surface area contributed by atoms with Gasteiger partial charge < -0.3 is 24.8 Å². The van der Waals surface area contributed by atoms with Crippen LogP contribution in [0, 0.1) is 6.92 Å². The number of nitrogens with one attached hydrogen (secondary N) is 1. The molecule has 1 aliphatic heterocycles. The third-order valence-corrected chi connectivity index (χ3v) is 4.80. The fourth-order valence-corrected chi connectivity index (χ4v) is 3.10. The van der Waals surface area contributed by atoms with Crippen LogP contribution in [0.2, 0.25) is 0 Å². The number of nitrogens with zero attached hydrogens (tertiary/aromatic N) is 5. The molecule has 1 aromatic carbocycles. The SMILES string of the molecule is Cc1cc(N(C)C)nc(N2CCN(C(=O)CNC(=O)OCc3ccccc3)CC2)n1. The van der Waals surface area contributed by atoms with Crippen molar-refractivity contribution in [3.8, 4) is 0 Å². The van der Waals surface area contributed by atoms with Gasteiger partial charge >= 0.3 is 6.09 Å². The Labute approximate surface area is 176 Å². The third-order valence-electron chi connectivity index (χ3n) is 4.80. The van der Waals surface area contributed by atoms with E-state index in [2.05, 4.69) is 20.2 Å². The van der Waals surface area contributed by atoms with Gasteiger partial charge in [-0.25, -0.2) is 9.78 Å². The van der Waals surface area contributed by atoms with Crippen LogP contribution in [0.5, 0.6) is 0 Å². The molecule has 1 saturated heterocycles. The number of hydrogen-bond acceptors (Lipinski definition) is 7. The Balaban J connectivity index is 1.43. The number of piperazine rings is 1. The summed E-state index contributed by atoms with van der Waals surface area (Å²) in [6.45, 7) is 4.41. The van der Waals surface area contributed by atoms with E-state index < -0.39 is 6.09 Å². The molecule has 9 nitrogen and oxygen atoms in total. The molecule has 2 aromatic rings. The van der Waals surface area contributed by atoms with Gasteiger partial charge in [-0.1, -0.05) is 30.3 Å². The maximum atomic E-state index is 12.4. The Hall–Kier alpha value is -3.36. The molecule has 1 N–H and O–H groups in total. The molecule has 1 fully saturated rings. The number of alkyl carbamates (subject to hydrolysis) is 1. The molecule has 2 heterocycles. The van der Waals surface area contributed by atoms with Crippen LogP contribution in [0.25, 0.3) is 0 Å². The summed E-state index contributed by atoms with van der Waals surface area (Å²) in [4.78, 5) is 39.1. The van der Waals surface area contributed by atoms with Gasteiger partial charge in [-0.2, -0.15) is 4.98 Å². The third kappa shape index (κ3) is 5.82. The van der Waals surface area contributed by atoms with Crippen molar-refractivity contribution < 1.29 is 14.3 Å². The van der Waals surface area contributed by atoms with E-state index in [0.29, 0.717) is 32.1 Å².